The van der Waals surface area contributed by atoms with Crippen molar-refractivity contribution >= 4 is 29.1 Å². The summed E-state index contributed by atoms with van der Waals surface area (Å²) in [5.41, 5.74) is 0.926. The van der Waals surface area contributed by atoms with Crippen LogP contribution in [0.5, 0.6) is 0 Å². The van der Waals surface area contributed by atoms with Crippen molar-refractivity contribution in [3.63, 3.8) is 0 Å². The van der Waals surface area contributed by atoms with Crippen molar-refractivity contribution in [1.82, 2.24) is 16.0 Å². The highest BCUT2D eigenvalue weighted by Gasteiger charge is 2.22. The molecular weight excluding hydrogens is 350 g/mol. The first kappa shape index (κ1) is 19.7. The molecular formula is C19H23N3O3S. The molecule has 3 N–H and O–H groups in total. The molecule has 0 saturated heterocycles. The number of thiophene rings is 1. The van der Waals surface area contributed by atoms with Gasteiger partial charge in [0.2, 0.25) is 11.8 Å². The van der Waals surface area contributed by atoms with Gasteiger partial charge in [-0.3, -0.25) is 14.4 Å². The van der Waals surface area contributed by atoms with Crippen LogP contribution in [0.25, 0.3) is 0 Å². The molecule has 6 nitrogen and oxygen atoms in total. The van der Waals surface area contributed by atoms with Gasteiger partial charge >= 0.3 is 0 Å². The molecule has 1 aromatic carbocycles. The molecule has 0 saturated carbocycles. The molecule has 138 valence electrons. The second-order valence-corrected chi connectivity index (χ2v) is 6.71. The van der Waals surface area contributed by atoms with Gasteiger partial charge in [-0.25, -0.2) is 0 Å². The Hall–Kier alpha value is -2.67. The van der Waals surface area contributed by atoms with Gasteiger partial charge in [-0.2, -0.15) is 0 Å². The molecule has 0 bridgehead atoms. The number of carbonyl (C=O) groups is 3. The summed E-state index contributed by atoms with van der Waals surface area (Å²) in [6, 6.07) is 12.2. The predicted octanol–water partition coefficient (Wildman–Crippen LogP) is 1.73. The van der Waals surface area contributed by atoms with E-state index in [2.05, 4.69) is 16.0 Å². The van der Waals surface area contributed by atoms with Crippen LogP contribution in [0.1, 0.15) is 28.6 Å². The first-order chi connectivity index (χ1) is 12.6. The maximum Gasteiger partial charge on any atom is 0.262 e. The molecule has 1 heterocycles. The van der Waals surface area contributed by atoms with Crippen molar-refractivity contribution < 1.29 is 14.4 Å². The van der Waals surface area contributed by atoms with Gasteiger partial charge in [0.05, 0.1) is 11.4 Å². The zero-order chi connectivity index (χ0) is 18.8. The monoisotopic (exact) mass is 373 g/mol. The fourth-order valence-electron chi connectivity index (χ4n) is 2.31. The summed E-state index contributed by atoms with van der Waals surface area (Å²) >= 11 is 1.31. The van der Waals surface area contributed by atoms with Gasteiger partial charge in [-0.05, 0) is 23.4 Å². The van der Waals surface area contributed by atoms with Gasteiger partial charge in [-0.1, -0.05) is 43.3 Å². The van der Waals surface area contributed by atoms with Crippen LogP contribution >= 0.6 is 11.3 Å². The fourth-order valence-corrected chi connectivity index (χ4v) is 2.94. The minimum absolute atomic E-state index is 0.112. The van der Waals surface area contributed by atoms with Crippen LogP contribution in [0.3, 0.4) is 0 Å². The van der Waals surface area contributed by atoms with Crippen LogP contribution in [0.2, 0.25) is 0 Å². The third-order valence-electron chi connectivity index (χ3n) is 3.64. The molecule has 2 rings (SSSR count). The average Bonchev–Trinajstić information content (AvgIpc) is 3.19. The molecule has 0 radical (unpaired) electrons. The normalized spacial score (nSPS) is 11.4. The van der Waals surface area contributed by atoms with Crippen LogP contribution < -0.4 is 16.0 Å². The van der Waals surface area contributed by atoms with Gasteiger partial charge in [0.15, 0.2) is 0 Å². The molecule has 7 heteroatoms. The summed E-state index contributed by atoms with van der Waals surface area (Å²) in [5.74, 6) is -0.930. The summed E-state index contributed by atoms with van der Waals surface area (Å²) in [5, 5.41) is 9.87. The molecule has 0 aliphatic rings. The zero-order valence-electron chi connectivity index (χ0n) is 14.7. The Morgan fingerprint density at radius 1 is 1.04 bits per heavy atom. The van der Waals surface area contributed by atoms with Gasteiger partial charge < -0.3 is 16.0 Å². The maximum absolute atomic E-state index is 12.5. The first-order valence-corrected chi connectivity index (χ1v) is 9.40. The Labute approximate surface area is 157 Å². The van der Waals surface area contributed by atoms with Gasteiger partial charge in [0.25, 0.3) is 5.91 Å². The molecule has 3 amide bonds. The largest absolute Gasteiger partial charge is 0.355 e. The third kappa shape index (κ3) is 6.33. The smallest absolute Gasteiger partial charge is 0.262 e. The van der Waals surface area contributed by atoms with E-state index in [1.54, 1.807) is 17.5 Å². The van der Waals surface area contributed by atoms with Gasteiger partial charge in [0, 0.05) is 13.0 Å². The molecule has 2 aromatic rings. The van der Waals surface area contributed by atoms with Crippen LogP contribution in [-0.4, -0.2) is 36.9 Å². The summed E-state index contributed by atoms with van der Waals surface area (Å²) in [7, 11) is 0. The molecule has 1 unspecified atom stereocenters. The Morgan fingerprint density at radius 2 is 1.81 bits per heavy atom. The SMILES string of the molecule is CCCNC(=O)CNC(=O)C(Cc1ccccc1)NC(=O)c1cccs1. The minimum Gasteiger partial charge on any atom is -0.355 e. The van der Waals surface area contributed by atoms with Crippen LogP contribution in [-0.2, 0) is 16.0 Å². The van der Waals surface area contributed by atoms with Gasteiger partial charge in [0.1, 0.15) is 6.04 Å². The lowest BCUT2D eigenvalue weighted by molar-refractivity contribution is -0.127. The predicted molar refractivity (Wildman–Crippen MR) is 102 cm³/mol. The van der Waals surface area contributed by atoms with Crippen molar-refractivity contribution in [2.75, 3.05) is 13.1 Å². The maximum atomic E-state index is 12.5. The highest BCUT2D eigenvalue weighted by molar-refractivity contribution is 7.12. The van der Waals surface area contributed by atoms with E-state index in [1.165, 1.54) is 11.3 Å². The second-order valence-electron chi connectivity index (χ2n) is 5.76. The number of carbonyl (C=O) groups excluding carboxylic acids is 3. The summed E-state index contributed by atoms with van der Waals surface area (Å²) in [6.45, 7) is 2.41. The molecule has 0 spiro atoms. The summed E-state index contributed by atoms with van der Waals surface area (Å²) in [4.78, 5) is 37.1. The van der Waals surface area contributed by atoms with E-state index in [9.17, 15) is 14.4 Å². The third-order valence-corrected chi connectivity index (χ3v) is 4.51. The van der Waals surface area contributed by atoms with E-state index in [-0.39, 0.29) is 24.3 Å². The van der Waals surface area contributed by atoms with Crippen LogP contribution in [0.4, 0.5) is 0 Å². The molecule has 1 atom stereocenters. The second kappa shape index (κ2) is 10.4. The van der Waals surface area contributed by atoms with E-state index in [0.29, 0.717) is 17.8 Å². The highest BCUT2D eigenvalue weighted by atomic mass is 32.1. The molecule has 1 aromatic heterocycles. The molecule has 0 aliphatic carbocycles. The summed E-state index contributed by atoms with van der Waals surface area (Å²) < 4.78 is 0. The van der Waals surface area contributed by atoms with E-state index < -0.39 is 6.04 Å². The fraction of sp³-hybridized carbons (Fsp3) is 0.316. The van der Waals surface area contributed by atoms with Crippen molar-refractivity contribution in [2.45, 2.75) is 25.8 Å². The Balaban J connectivity index is 2.00. The van der Waals surface area contributed by atoms with Crippen molar-refractivity contribution in [2.24, 2.45) is 0 Å². The summed E-state index contributed by atoms with van der Waals surface area (Å²) in [6.07, 6.45) is 1.17. The Morgan fingerprint density at radius 3 is 2.46 bits per heavy atom. The van der Waals surface area contributed by atoms with E-state index >= 15 is 0 Å². The highest BCUT2D eigenvalue weighted by Crippen LogP contribution is 2.10. The Kier molecular flexibility index (Phi) is 7.82. The number of hydrogen-bond donors (Lipinski definition) is 3. The van der Waals surface area contributed by atoms with Crippen LogP contribution in [0.15, 0.2) is 47.8 Å². The average molecular weight is 373 g/mol. The number of amides is 3. The molecule has 26 heavy (non-hydrogen) atoms. The lowest BCUT2D eigenvalue weighted by Crippen LogP contribution is -2.50. The lowest BCUT2D eigenvalue weighted by Gasteiger charge is -2.18. The molecule has 0 aliphatic heterocycles. The zero-order valence-corrected chi connectivity index (χ0v) is 15.5. The van der Waals surface area contributed by atoms with E-state index in [0.717, 1.165) is 12.0 Å². The van der Waals surface area contributed by atoms with Crippen molar-refractivity contribution in [3.05, 3.63) is 58.3 Å². The topological polar surface area (TPSA) is 87.3 Å². The number of benzene rings is 1. The van der Waals surface area contributed by atoms with E-state index in [1.807, 2.05) is 37.3 Å². The van der Waals surface area contributed by atoms with Crippen molar-refractivity contribution in [1.29, 1.82) is 0 Å². The number of rotatable bonds is 9. The standard InChI is InChI=1S/C19H23N3O3S/c1-2-10-20-17(23)13-21-18(24)15(12-14-7-4-3-5-8-14)22-19(25)16-9-6-11-26-16/h3-9,11,15H,2,10,12-13H2,1H3,(H,20,23)(H,21,24)(H,22,25). The van der Waals surface area contributed by atoms with E-state index in [4.69, 9.17) is 0 Å². The molecule has 0 fully saturated rings. The van der Waals surface area contributed by atoms with Gasteiger partial charge in [-0.15, -0.1) is 11.3 Å². The first-order valence-electron chi connectivity index (χ1n) is 8.53. The quantitative estimate of drug-likeness (QED) is 0.626. The minimum atomic E-state index is -0.758. The Bertz CT molecular complexity index is 717. The van der Waals surface area contributed by atoms with Crippen LogP contribution in [0, 0.1) is 0 Å². The lowest BCUT2D eigenvalue weighted by atomic mass is 10.1. The number of hydrogen-bond acceptors (Lipinski definition) is 4. The van der Waals surface area contributed by atoms with Crippen molar-refractivity contribution in [3.8, 4) is 0 Å². The number of nitrogens with one attached hydrogen (secondary N) is 3.